The van der Waals surface area contributed by atoms with E-state index in [0.717, 1.165) is 31.2 Å². The van der Waals surface area contributed by atoms with E-state index in [0.29, 0.717) is 5.92 Å². The Hall–Kier alpha value is -0.0900. The molecule has 1 N–H and O–H groups in total. The van der Waals surface area contributed by atoms with Gasteiger partial charge < -0.3 is 10.1 Å². The Balaban J connectivity index is 1.95. The lowest BCUT2D eigenvalue weighted by atomic mass is 9.98. The molecule has 92 valence electrons. The van der Waals surface area contributed by atoms with E-state index in [1.165, 1.54) is 12.8 Å². The number of nitrogens with one attached hydrogen (secondary N) is 1. The van der Waals surface area contributed by atoms with Crippen LogP contribution in [0, 0.1) is 5.92 Å². The van der Waals surface area contributed by atoms with E-state index in [2.05, 4.69) is 28.2 Å². The topological polar surface area (TPSA) is 38.3 Å². The zero-order valence-electron chi connectivity index (χ0n) is 9.80. The summed E-state index contributed by atoms with van der Waals surface area (Å²) in [5.41, 5.74) is -0.0112. The smallest absolute Gasteiger partial charge is 0.249 e. The van der Waals surface area contributed by atoms with Gasteiger partial charge in [0.1, 0.15) is 6.10 Å². The second-order valence-electron chi connectivity index (χ2n) is 5.17. The van der Waals surface area contributed by atoms with Crippen molar-refractivity contribution < 1.29 is 9.53 Å². The van der Waals surface area contributed by atoms with Gasteiger partial charge in [0.05, 0.1) is 0 Å². The quantitative estimate of drug-likeness (QED) is 0.810. The van der Waals surface area contributed by atoms with Crippen LogP contribution in [0.4, 0.5) is 0 Å². The Morgan fingerprint density at radius 2 is 2.19 bits per heavy atom. The first kappa shape index (κ1) is 12.4. The highest BCUT2D eigenvalue weighted by molar-refractivity contribution is 9.09. The van der Waals surface area contributed by atoms with Crippen molar-refractivity contribution in [3.8, 4) is 0 Å². The first-order valence-electron chi connectivity index (χ1n) is 6.16. The van der Waals surface area contributed by atoms with Crippen molar-refractivity contribution in [3.63, 3.8) is 0 Å². The number of hydrogen-bond donors (Lipinski definition) is 1. The minimum Gasteiger partial charge on any atom is -0.368 e. The molecule has 0 aromatic heterocycles. The minimum absolute atomic E-state index is 0.0112. The fraction of sp³-hybridized carbons (Fsp3) is 0.917. The summed E-state index contributed by atoms with van der Waals surface area (Å²) < 4.78 is 5.50. The first-order chi connectivity index (χ1) is 7.67. The van der Waals surface area contributed by atoms with Gasteiger partial charge in [0.25, 0.3) is 0 Å². The van der Waals surface area contributed by atoms with Gasteiger partial charge in [-0.15, -0.1) is 0 Å². The summed E-state index contributed by atoms with van der Waals surface area (Å²) in [6.07, 6.45) is 5.38. The number of hydrogen-bond acceptors (Lipinski definition) is 2. The molecule has 4 heteroatoms. The molecule has 2 fully saturated rings. The van der Waals surface area contributed by atoms with E-state index >= 15 is 0 Å². The monoisotopic (exact) mass is 289 g/mol. The minimum atomic E-state index is -0.225. The van der Waals surface area contributed by atoms with Crippen molar-refractivity contribution in [2.75, 3.05) is 11.9 Å². The molecule has 2 rings (SSSR count). The Bertz CT molecular complexity index is 264. The molecule has 1 aliphatic carbocycles. The molecule has 2 unspecified atom stereocenters. The third-order valence-electron chi connectivity index (χ3n) is 3.85. The summed E-state index contributed by atoms with van der Waals surface area (Å²) in [4.78, 5) is 12.1. The predicted molar refractivity (Wildman–Crippen MR) is 66.7 cm³/mol. The molecule has 2 atom stereocenters. The van der Waals surface area contributed by atoms with E-state index in [1.807, 2.05) is 0 Å². The molecule has 0 bridgehead atoms. The lowest BCUT2D eigenvalue weighted by Crippen LogP contribution is -2.52. The first-order valence-corrected chi connectivity index (χ1v) is 7.29. The Morgan fingerprint density at radius 1 is 1.50 bits per heavy atom. The SMILES string of the molecule is CC1CCOC1C(=O)NC1(CBr)CCCC1. The molecular weight excluding hydrogens is 270 g/mol. The van der Waals surface area contributed by atoms with Crippen molar-refractivity contribution >= 4 is 21.8 Å². The van der Waals surface area contributed by atoms with Gasteiger partial charge in [0.2, 0.25) is 5.91 Å². The van der Waals surface area contributed by atoms with Crippen LogP contribution >= 0.6 is 15.9 Å². The largest absolute Gasteiger partial charge is 0.368 e. The summed E-state index contributed by atoms with van der Waals surface area (Å²) in [6.45, 7) is 2.81. The maximum absolute atomic E-state index is 12.1. The van der Waals surface area contributed by atoms with Gasteiger partial charge in [-0.25, -0.2) is 0 Å². The lowest BCUT2D eigenvalue weighted by Gasteiger charge is -2.30. The number of carbonyl (C=O) groups excluding carboxylic acids is 1. The normalized spacial score (nSPS) is 32.9. The number of halogens is 1. The third kappa shape index (κ3) is 2.43. The van der Waals surface area contributed by atoms with Gasteiger partial charge in [-0.3, -0.25) is 4.79 Å². The molecule has 16 heavy (non-hydrogen) atoms. The van der Waals surface area contributed by atoms with Gasteiger partial charge in [0.15, 0.2) is 0 Å². The average Bonchev–Trinajstić information content (AvgIpc) is 2.87. The molecule has 0 aromatic carbocycles. The van der Waals surface area contributed by atoms with Gasteiger partial charge in [-0.05, 0) is 25.2 Å². The van der Waals surface area contributed by atoms with Crippen molar-refractivity contribution in [2.45, 2.75) is 50.7 Å². The van der Waals surface area contributed by atoms with Crippen LogP contribution < -0.4 is 5.32 Å². The summed E-state index contributed by atoms with van der Waals surface area (Å²) >= 11 is 3.53. The van der Waals surface area contributed by atoms with Crippen LogP contribution in [0.1, 0.15) is 39.0 Å². The van der Waals surface area contributed by atoms with Gasteiger partial charge in [0, 0.05) is 17.5 Å². The van der Waals surface area contributed by atoms with E-state index in [-0.39, 0.29) is 17.6 Å². The fourth-order valence-electron chi connectivity index (χ4n) is 2.71. The summed E-state index contributed by atoms with van der Waals surface area (Å²) in [5, 5.41) is 4.06. The molecule has 2 aliphatic rings. The number of ether oxygens (including phenoxy) is 1. The molecule has 1 saturated carbocycles. The highest BCUT2D eigenvalue weighted by Gasteiger charge is 2.38. The number of carbonyl (C=O) groups is 1. The van der Waals surface area contributed by atoms with Crippen molar-refractivity contribution in [3.05, 3.63) is 0 Å². The Labute approximate surface area is 105 Å². The van der Waals surface area contributed by atoms with Crippen LogP contribution in [0.2, 0.25) is 0 Å². The number of amides is 1. The Kier molecular flexibility index (Phi) is 3.90. The van der Waals surface area contributed by atoms with Crippen molar-refractivity contribution in [2.24, 2.45) is 5.92 Å². The molecule has 1 aliphatic heterocycles. The van der Waals surface area contributed by atoms with E-state index in [1.54, 1.807) is 0 Å². The van der Waals surface area contributed by atoms with Gasteiger partial charge in [-0.2, -0.15) is 0 Å². The second-order valence-corrected chi connectivity index (χ2v) is 5.73. The molecular formula is C12H20BrNO2. The van der Waals surface area contributed by atoms with Crippen LogP contribution in [0.15, 0.2) is 0 Å². The number of rotatable bonds is 3. The molecule has 0 spiro atoms. The molecule has 3 nitrogen and oxygen atoms in total. The standard InChI is InChI=1S/C12H20BrNO2/c1-9-4-7-16-10(9)11(15)14-12(8-13)5-2-3-6-12/h9-10H,2-8H2,1H3,(H,14,15). The van der Waals surface area contributed by atoms with Crippen LogP contribution in [0.5, 0.6) is 0 Å². The summed E-state index contributed by atoms with van der Waals surface area (Å²) in [7, 11) is 0. The molecule has 1 heterocycles. The van der Waals surface area contributed by atoms with E-state index in [9.17, 15) is 4.79 Å². The molecule has 0 radical (unpaired) electrons. The summed E-state index contributed by atoms with van der Waals surface area (Å²) in [5.74, 6) is 0.445. The zero-order chi connectivity index (χ0) is 11.6. The van der Waals surface area contributed by atoms with E-state index < -0.39 is 0 Å². The Morgan fingerprint density at radius 3 is 2.69 bits per heavy atom. The molecule has 1 saturated heterocycles. The average molecular weight is 290 g/mol. The van der Waals surface area contributed by atoms with Crippen LogP contribution in [0.25, 0.3) is 0 Å². The van der Waals surface area contributed by atoms with E-state index in [4.69, 9.17) is 4.74 Å². The maximum Gasteiger partial charge on any atom is 0.249 e. The maximum atomic E-state index is 12.1. The van der Waals surface area contributed by atoms with Crippen molar-refractivity contribution in [1.82, 2.24) is 5.32 Å². The molecule has 1 amide bonds. The molecule has 0 aromatic rings. The third-order valence-corrected chi connectivity index (χ3v) is 4.92. The lowest BCUT2D eigenvalue weighted by molar-refractivity contribution is -0.133. The highest BCUT2D eigenvalue weighted by Crippen LogP contribution is 2.32. The zero-order valence-corrected chi connectivity index (χ0v) is 11.4. The second kappa shape index (κ2) is 5.05. The predicted octanol–water partition coefficient (Wildman–Crippen LogP) is 2.24. The van der Waals surface area contributed by atoms with Crippen LogP contribution in [0.3, 0.4) is 0 Å². The van der Waals surface area contributed by atoms with Gasteiger partial charge >= 0.3 is 0 Å². The highest BCUT2D eigenvalue weighted by atomic mass is 79.9. The van der Waals surface area contributed by atoms with Gasteiger partial charge in [-0.1, -0.05) is 35.7 Å². The van der Waals surface area contributed by atoms with Crippen molar-refractivity contribution in [1.29, 1.82) is 0 Å². The van der Waals surface area contributed by atoms with Crippen LogP contribution in [-0.4, -0.2) is 29.5 Å². The fourth-order valence-corrected chi connectivity index (χ4v) is 3.41. The summed E-state index contributed by atoms with van der Waals surface area (Å²) in [6, 6.07) is 0. The number of alkyl halides is 1. The van der Waals surface area contributed by atoms with Crippen LogP contribution in [-0.2, 0) is 9.53 Å².